The highest BCUT2D eigenvalue weighted by Crippen LogP contribution is 2.38. The smallest absolute Gasteiger partial charge is 0.250 e. The van der Waals surface area contributed by atoms with Gasteiger partial charge in [-0.2, -0.15) is 0 Å². The van der Waals surface area contributed by atoms with E-state index >= 15 is 0 Å². The Morgan fingerprint density at radius 2 is 1.94 bits per heavy atom. The van der Waals surface area contributed by atoms with Gasteiger partial charge in [-0.15, -0.1) is 0 Å². The van der Waals surface area contributed by atoms with Gasteiger partial charge in [0.05, 0.1) is 30.2 Å². The van der Waals surface area contributed by atoms with Crippen molar-refractivity contribution in [2.45, 2.75) is 20.8 Å². The maximum absolute atomic E-state index is 12.9. The van der Waals surface area contributed by atoms with Crippen LogP contribution in [0.3, 0.4) is 0 Å². The van der Waals surface area contributed by atoms with Crippen LogP contribution in [-0.2, 0) is 4.79 Å². The summed E-state index contributed by atoms with van der Waals surface area (Å²) >= 11 is 1.46. The monoisotopic (exact) mass is 498 g/mol. The molecule has 1 N–H and O–H groups in total. The van der Waals surface area contributed by atoms with Gasteiger partial charge in [0, 0.05) is 28.7 Å². The molecule has 0 saturated carbocycles. The van der Waals surface area contributed by atoms with Gasteiger partial charge in [-0.05, 0) is 67.8 Å². The third kappa shape index (κ3) is 4.70. The molecule has 0 aliphatic heterocycles. The number of methoxy groups -OCH3 is 1. The fraction of sp³-hybridized carbons (Fsp3) is 0.172. The minimum Gasteiger partial charge on any atom is -0.497 e. The highest BCUT2D eigenvalue weighted by Gasteiger charge is 2.16. The van der Waals surface area contributed by atoms with Crippen molar-refractivity contribution >= 4 is 49.1 Å². The number of carbonyl (C=O) groups excluding carboxylic acids is 1. The molecule has 6 nitrogen and oxygen atoms in total. The van der Waals surface area contributed by atoms with Crippen LogP contribution in [0.4, 0.5) is 5.13 Å². The van der Waals surface area contributed by atoms with E-state index in [2.05, 4.69) is 16.4 Å². The van der Waals surface area contributed by atoms with E-state index in [1.807, 2.05) is 69.3 Å². The van der Waals surface area contributed by atoms with Crippen LogP contribution in [0.2, 0.25) is 0 Å². The number of fused-ring (bicyclic) bond motifs is 2. The Balaban J connectivity index is 1.48. The zero-order chi connectivity index (χ0) is 25.2. The summed E-state index contributed by atoms with van der Waals surface area (Å²) in [6.45, 7) is 6.36. The van der Waals surface area contributed by atoms with Gasteiger partial charge in [0.25, 0.3) is 0 Å². The predicted molar refractivity (Wildman–Crippen MR) is 146 cm³/mol. The quantitative estimate of drug-likeness (QED) is 0.236. The number of allylic oxidation sites excluding steroid dienone is 1. The topological polar surface area (TPSA) is 73.6 Å². The lowest BCUT2D eigenvalue weighted by Crippen LogP contribution is -2.08. The van der Waals surface area contributed by atoms with Gasteiger partial charge in [0.15, 0.2) is 5.13 Å². The van der Waals surface area contributed by atoms with Crippen molar-refractivity contribution in [1.29, 1.82) is 0 Å². The Morgan fingerprint density at radius 1 is 1.14 bits per heavy atom. The molecule has 3 aromatic carbocycles. The number of nitrogens with zero attached hydrogens (tertiary/aromatic N) is 1. The molecular formula is C29H26N2O4S. The van der Waals surface area contributed by atoms with Crippen LogP contribution in [-0.4, -0.2) is 24.6 Å². The minimum atomic E-state index is -0.242. The first kappa shape index (κ1) is 23.6. The Labute approximate surface area is 213 Å². The third-order valence-corrected chi connectivity index (χ3v) is 6.86. The zero-order valence-electron chi connectivity index (χ0n) is 20.5. The molecular weight excluding hydrogens is 472 g/mol. The van der Waals surface area contributed by atoms with E-state index in [4.69, 9.17) is 13.9 Å². The van der Waals surface area contributed by atoms with Crippen molar-refractivity contribution in [2.24, 2.45) is 0 Å². The number of carbonyl (C=O) groups is 1. The molecule has 5 rings (SSSR count). The van der Waals surface area contributed by atoms with Crippen LogP contribution in [0.5, 0.6) is 11.5 Å². The molecule has 7 heteroatoms. The summed E-state index contributed by atoms with van der Waals surface area (Å²) < 4.78 is 18.1. The molecule has 1 amide bonds. The largest absolute Gasteiger partial charge is 0.497 e. The van der Waals surface area contributed by atoms with E-state index in [1.54, 1.807) is 19.4 Å². The number of ether oxygens (including phenoxy) is 2. The number of hydrogen-bond acceptors (Lipinski definition) is 6. The second-order valence-corrected chi connectivity index (χ2v) is 9.49. The molecule has 0 spiro atoms. The van der Waals surface area contributed by atoms with Crippen LogP contribution in [0, 0.1) is 6.92 Å². The zero-order valence-corrected chi connectivity index (χ0v) is 21.4. The van der Waals surface area contributed by atoms with Crippen molar-refractivity contribution < 1.29 is 18.7 Å². The number of aryl methyl sites for hydroxylation is 1. The number of furan rings is 1. The Kier molecular flexibility index (Phi) is 6.48. The summed E-state index contributed by atoms with van der Waals surface area (Å²) in [5.41, 5.74) is 6.32. The Hall–Kier alpha value is -4.10. The molecule has 0 radical (unpaired) electrons. The maximum Gasteiger partial charge on any atom is 0.250 e. The first-order valence-electron chi connectivity index (χ1n) is 11.6. The molecule has 0 atom stereocenters. The lowest BCUT2D eigenvalue weighted by molar-refractivity contribution is -0.111. The molecule has 0 aliphatic carbocycles. The molecule has 0 saturated heterocycles. The summed E-state index contributed by atoms with van der Waals surface area (Å²) in [6, 6.07) is 17.8. The number of thiazole rings is 1. The maximum atomic E-state index is 12.9. The normalized spacial score (nSPS) is 11.7. The molecule has 0 aliphatic rings. The summed E-state index contributed by atoms with van der Waals surface area (Å²) in [4.78, 5) is 17.4. The molecule has 182 valence electrons. The first-order valence-corrected chi connectivity index (χ1v) is 12.5. The molecule has 5 aromatic rings. The summed E-state index contributed by atoms with van der Waals surface area (Å²) in [7, 11) is 1.65. The highest BCUT2D eigenvalue weighted by atomic mass is 32.1. The highest BCUT2D eigenvalue weighted by molar-refractivity contribution is 7.22. The second-order valence-electron chi connectivity index (χ2n) is 8.46. The van der Waals surface area contributed by atoms with E-state index in [1.165, 1.54) is 11.3 Å². The minimum absolute atomic E-state index is 0.242. The number of benzene rings is 3. The van der Waals surface area contributed by atoms with Crippen molar-refractivity contribution in [1.82, 2.24) is 4.98 Å². The van der Waals surface area contributed by atoms with Gasteiger partial charge in [-0.1, -0.05) is 29.5 Å². The molecule has 2 heterocycles. The predicted octanol–water partition coefficient (Wildman–Crippen LogP) is 7.47. The Bertz CT molecular complexity index is 1600. The number of rotatable bonds is 7. The lowest BCUT2D eigenvalue weighted by atomic mass is 9.99. The molecule has 0 bridgehead atoms. The van der Waals surface area contributed by atoms with Gasteiger partial charge in [0.1, 0.15) is 17.1 Å². The van der Waals surface area contributed by atoms with Gasteiger partial charge >= 0.3 is 0 Å². The fourth-order valence-electron chi connectivity index (χ4n) is 4.13. The van der Waals surface area contributed by atoms with E-state index in [-0.39, 0.29) is 5.91 Å². The van der Waals surface area contributed by atoms with Gasteiger partial charge < -0.3 is 13.9 Å². The van der Waals surface area contributed by atoms with Crippen molar-refractivity contribution in [3.05, 3.63) is 78.1 Å². The van der Waals surface area contributed by atoms with Crippen LogP contribution >= 0.6 is 11.3 Å². The first-order chi connectivity index (χ1) is 17.4. The number of nitrogens with one attached hydrogen (secondary N) is 1. The Morgan fingerprint density at radius 3 is 2.69 bits per heavy atom. The average Bonchev–Trinajstić information content (AvgIpc) is 3.46. The van der Waals surface area contributed by atoms with Crippen molar-refractivity contribution in [3.63, 3.8) is 0 Å². The molecule has 36 heavy (non-hydrogen) atoms. The van der Waals surface area contributed by atoms with Crippen molar-refractivity contribution in [3.8, 4) is 22.6 Å². The summed E-state index contributed by atoms with van der Waals surface area (Å²) in [5, 5.41) is 4.41. The average molecular weight is 499 g/mol. The van der Waals surface area contributed by atoms with Gasteiger partial charge in [0.2, 0.25) is 5.91 Å². The van der Waals surface area contributed by atoms with Gasteiger partial charge in [-0.25, -0.2) is 4.98 Å². The van der Waals surface area contributed by atoms with Crippen molar-refractivity contribution in [2.75, 3.05) is 19.0 Å². The van der Waals surface area contributed by atoms with Crippen LogP contribution in [0.1, 0.15) is 25.0 Å². The standard InChI is InChI=1S/C29H26N2O4S/c1-5-34-25-15-26-22(23(16-35-26)19-7-9-20(33-4)10-8-19)14-21(25)18(3)13-28(32)31-29-30-24-11-6-17(2)12-27(24)36-29/h6-16H,5H2,1-4H3,(H,30,31,32)/b18-13+. The van der Waals surface area contributed by atoms with Crippen LogP contribution < -0.4 is 14.8 Å². The number of hydrogen-bond donors (Lipinski definition) is 1. The van der Waals surface area contributed by atoms with Gasteiger partial charge in [-0.3, -0.25) is 10.1 Å². The molecule has 0 fully saturated rings. The lowest BCUT2D eigenvalue weighted by Gasteiger charge is -2.11. The number of amides is 1. The van der Waals surface area contributed by atoms with E-state index in [9.17, 15) is 4.79 Å². The number of anilines is 1. The summed E-state index contributed by atoms with van der Waals surface area (Å²) in [5.74, 6) is 1.21. The van der Waals surface area contributed by atoms with Crippen LogP contribution in [0.15, 0.2) is 71.4 Å². The molecule has 2 aromatic heterocycles. The number of aromatic nitrogens is 1. The third-order valence-electron chi connectivity index (χ3n) is 5.92. The van der Waals surface area contributed by atoms with Crippen LogP contribution in [0.25, 0.3) is 37.9 Å². The van der Waals surface area contributed by atoms with E-state index < -0.39 is 0 Å². The SMILES string of the molecule is CCOc1cc2occ(-c3ccc(OC)cc3)c2cc1/C(C)=C/C(=O)Nc1nc2ccc(C)cc2s1. The summed E-state index contributed by atoms with van der Waals surface area (Å²) in [6.07, 6.45) is 3.32. The van der Waals surface area contributed by atoms with E-state index in [0.29, 0.717) is 17.5 Å². The fourth-order valence-corrected chi connectivity index (χ4v) is 5.10. The molecule has 0 unspecified atom stereocenters. The second kappa shape index (κ2) is 9.87. The van der Waals surface area contributed by atoms with E-state index in [0.717, 1.165) is 54.8 Å².